The van der Waals surface area contributed by atoms with E-state index in [1.54, 1.807) is 6.07 Å². The van der Waals surface area contributed by atoms with Crippen molar-refractivity contribution in [3.8, 4) is 23.2 Å². The van der Waals surface area contributed by atoms with E-state index >= 15 is 0 Å². The SMILES string of the molecule is O=C(NO)c1ccc(-c2ccc(C#Cc3ccccc3)cc2)o1. The Hall–Kier alpha value is -3.29. The molecule has 0 spiro atoms. The molecule has 1 amide bonds. The Kier molecular flexibility index (Phi) is 4.23. The zero-order valence-corrected chi connectivity index (χ0v) is 12.1. The summed E-state index contributed by atoms with van der Waals surface area (Å²) in [6.07, 6.45) is 0. The summed E-state index contributed by atoms with van der Waals surface area (Å²) in [6.45, 7) is 0. The first-order chi connectivity index (χ1) is 11.3. The van der Waals surface area contributed by atoms with Crippen LogP contribution in [0.2, 0.25) is 0 Å². The summed E-state index contributed by atoms with van der Waals surface area (Å²) in [7, 11) is 0. The van der Waals surface area contributed by atoms with E-state index in [1.165, 1.54) is 11.5 Å². The lowest BCUT2D eigenvalue weighted by atomic mass is 10.1. The number of benzene rings is 2. The molecule has 3 rings (SSSR count). The maximum Gasteiger partial charge on any atom is 0.310 e. The Morgan fingerprint density at radius 2 is 1.52 bits per heavy atom. The molecule has 0 aliphatic carbocycles. The van der Waals surface area contributed by atoms with Gasteiger partial charge in [-0.05, 0) is 36.4 Å². The van der Waals surface area contributed by atoms with Crippen molar-refractivity contribution >= 4 is 5.91 Å². The molecule has 0 saturated heterocycles. The molecule has 0 radical (unpaired) electrons. The van der Waals surface area contributed by atoms with Gasteiger partial charge in [-0.1, -0.05) is 42.2 Å². The van der Waals surface area contributed by atoms with Gasteiger partial charge in [0.1, 0.15) is 5.76 Å². The zero-order valence-electron chi connectivity index (χ0n) is 12.1. The van der Waals surface area contributed by atoms with Crippen molar-refractivity contribution in [1.82, 2.24) is 5.48 Å². The molecule has 1 heterocycles. The number of carbonyl (C=O) groups excluding carboxylic acids is 1. The van der Waals surface area contributed by atoms with E-state index in [0.29, 0.717) is 5.76 Å². The van der Waals surface area contributed by atoms with Gasteiger partial charge in [-0.25, -0.2) is 5.48 Å². The number of amides is 1. The van der Waals surface area contributed by atoms with E-state index in [4.69, 9.17) is 9.62 Å². The van der Waals surface area contributed by atoms with Gasteiger partial charge in [0.05, 0.1) is 0 Å². The fraction of sp³-hybridized carbons (Fsp3) is 0. The minimum Gasteiger partial charge on any atom is -0.451 e. The quantitative estimate of drug-likeness (QED) is 0.433. The van der Waals surface area contributed by atoms with Crippen LogP contribution >= 0.6 is 0 Å². The number of hydrogen-bond acceptors (Lipinski definition) is 3. The highest BCUT2D eigenvalue weighted by Crippen LogP contribution is 2.22. The first kappa shape index (κ1) is 14.6. The van der Waals surface area contributed by atoms with Crippen molar-refractivity contribution in [2.75, 3.05) is 0 Å². The number of furan rings is 1. The zero-order chi connectivity index (χ0) is 16.1. The normalized spacial score (nSPS) is 9.78. The highest BCUT2D eigenvalue weighted by molar-refractivity contribution is 5.91. The van der Waals surface area contributed by atoms with Crippen LogP contribution in [0.4, 0.5) is 0 Å². The molecule has 4 heteroatoms. The molecule has 112 valence electrons. The lowest BCUT2D eigenvalue weighted by molar-refractivity contribution is 0.0677. The summed E-state index contributed by atoms with van der Waals surface area (Å²) in [5, 5.41) is 8.58. The van der Waals surface area contributed by atoms with Crippen LogP contribution in [-0.2, 0) is 0 Å². The Bertz CT molecular complexity index is 868. The summed E-state index contributed by atoms with van der Waals surface area (Å²) in [5.74, 6) is 6.11. The molecule has 0 aliphatic heterocycles. The van der Waals surface area contributed by atoms with Gasteiger partial charge < -0.3 is 4.42 Å². The van der Waals surface area contributed by atoms with Crippen LogP contribution in [0.25, 0.3) is 11.3 Å². The van der Waals surface area contributed by atoms with E-state index in [-0.39, 0.29) is 5.76 Å². The van der Waals surface area contributed by atoms with Crippen LogP contribution in [-0.4, -0.2) is 11.1 Å². The molecular formula is C19H13NO3. The smallest absolute Gasteiger partial charge is 0.310 e. The fourth-order valence-corrected chi connectivity index (χ4v) is 2.05. The van der Waals surface area contributed by atoms with Crippen LogP contribution in [0.5, 0.6) is 0 Å². The van der Waals surface area contributed by atoms with Gasteiger partial charge in [0.25, 0.3) is 0 Å². The molecule has 0 aliphatic rings. The van der Waals surface area contributed by atoms with E-state index in [1.807, 2.05) is 54.6 Å². The number of hydroxylamine groups is 1. The number of carbonyl (C=O) groups is 1. The fourth-order valence-electron chi connectivity index (χ4n) is 2.05. The van der Waals surface area contributed by atoms with Gasteiger partial charge >= 0.3 is 5.91 Å². The minimum atomic E-state index is -0.679. The van der Waals surface area contributed by atoms with Crippen LogP contribution in [0.1, 0.15) is 21.7 Å². The lowest BCUT2D eigenvalue weighted by Crippen LogP contribution is -2.17. The second kappa shape index (κ2) is 6.65. The maximum atomic E-state index is 11.3. The molecule has 2 N–H and O–H groups in total. The van der Waals surface area contributed by atoms with Gasteiger partial charge in [-0.15, -0.1) is 0 Å². The van der Waals surface area contributed by atoms with Crippen LogP contribution in [0.15, 0.2) is 71.1 Å². The average Bonchev–Trinajstić information content (AvgIpc) is 3.11. The predicted molar refractivity (Wildman–Crippen MR) is 85.8 cm³/mol. The second-order valence-corrected chi connectivity index (χ2v) is 4.80. The molecule has 0 fully saturated rings. The third-order valence-corrected chi connectivity index (χ3v) is 3.23. The molecule has 0 bridgehead atoms. The molecule has 3 aromatic rings. The summed E-state index contributed by atoms with van der Waals surface area (Å²) in [4.78, 5) is 11.3. The van der Waals surface area contributed by atoms with E-state index in [2.05, 4.69) is 11.8 Å². The van der Waals surface area contributed by atoms with Gasteiger partial charge in [-0.2, -0.15) is 0 Å². The first-order valence-corrected chi connectivity index (χ1v) is 6.98. The van der Waals surface area contributed by atoms with Crippen molar-refractivity contribution in [3.05, 3.63) is 83.6 Å². The Balaban J connectivity index is 1.79. The third kappa shape index (κ3) is 3.49. The third-order valence-electron chi connectivity index (χ3n) is 3.23. The van der Waals surface area contributed by atoms with Crippen LogP contribution < -0.4 is 5.48 Å². The van der Waals surface area contributed by atoms with Crippen LogP contribution in [0.3, 0.4) is 0 Å². The predicted octanol–water partition coefficient (Wildman–Crippen LogP) is 3.47. The van der Waals surface area contributed by atoms with E-state index < -0.39 is 5.91 Å². The van der Waals surface area contributed by atoms with Crippen molar-refractivity contribution in [2.24, 2.45) is 0 Å². The highest BCUT2D eigenvalue weighted by atomic mass is 16.5. The summed E-state index contributed by atoms with van der Waals surface area (Å²) in [6, 6.07) is 20.5. The van der Waals surface area contributed by atoms with Gasteiger partial charge in [0.15, 0.2) is 5.76 Å². The summed E-state index contributed by atoms with van der Waals surface area (Å²) in [5.41, 5.74) is 4.21. The molecule has 0 unspecified atom stereocenters. The monoisotopic (exact) mass is 303 g/mol. The topological polar surface area (TPSA) is 62.5 Å². The number of nitrogens with one attached hydrogen (secondary N) is 1. The van der Waals surface area contributed by atoms with E-state index in [9.17, 15) is 4.79 Å². The Labute approximate surface area is 133 Å². The van der Waals surface area contributed by atoms with Gasteiger partial charge in [-0.3, -0.25) is 10.0 Å². The van der Waals surface area contributed by atoms with Gasteiger partial charge in [0, 0.05) is 16.7 Å². The molecule has 0 atom stereocenters. The van der Waals surface area contributed by atoms with Crippen molar-refractivity contribution in [1.29, 1.82) is 0 Å². The molecular weight excluding hydrogens is 290 g/mol. The maximum absolute atomic E-state index is 11.3. The molecule has 1 aromatic heterocycles. The minimum absolute atomic E-state index is 0.0513. The Morgan fingerprint density at radius 1 is 0.870 bits per heavy atom. The summed E-state index contributed by atoms with van der Waals surface area (Å²) >= 11 is 0. The van der Waals surface area contributed by atoms with E-state index in [0.717, 1.165) is 16.7 Å². The molecule has 0 saturated carbocycles. The molecule has 4 nitrogen and oxygen atoms in total. The largest absolute Gasteiger partial charge is 0.451 e. The lowest BCUT2D eigenvalue weighted by Gasteiger charge is -1.98. The molecule has 2 aromatic carbocycles. The summed E-state index contributed by atoms with van der Waals surface area (Å²) < 4.78 is 5.38. The van der Waals surface area contributed by atoms with Crippen molar-refractivity contribution in [2.45, 2.75) is 0 Å². The Morgan fingerprint density at radius 3 is 2.17 bits per heavy atom. The highest BCUT2D eigenvalue weighted by Gasteiger charge is 2.10. The number of hydrogen-bond donors (Lipinski definition) is 2. The molecule has 23 heavy (non-hydrogen) atoms. The first-order valence-electron chi connectivity index (χ1n) is 6.98. The van der Waals surface area contributed by atoms with Gasteiger partial charge in [0.2, 0.25) is 0 Å². The number of rotatable bonds is 2. The second-order valence-electron chi connectivity index (χ2n) is 4.80. The average molecular weight is 303 g/mol. The van der Waals surface area contributed by atoms with Crippen LogP contribution in [0, 0.1) is 11.8 Å². The standard InChI is InChI=1S/C19H13NO3/c21-19(20-22)18-13-12-17(23-18)16-10-8-15(9-11-16)7-6-14-4-2-1-3-5-14/h1-5,8-13,22H,(H,20,21). The van der Waals surface area contributed by atoms with Crippen molar-refractivity contribution in [3.63, 3.8) is 0 Å². The van der Waals surface area contributed by atoms with Crippen molar-refractivity contribution < 1.29 is 14.4 Å².